The number of hydrogen-bond acceptors (Lipinski definition) is 6. The molecule has 9 nitrogen and oxygen atoms in total. The second-order valence-electron chi connectivity index (χ2n) is 9.83. The number of carbonyl (C=O) groups excluding carboxylic acids is 2. The molecule has 1 saturated heterocycles. The van der Waals surface area contributed by atoms with Crippen LogP contribution in [-0.4, -0.2) is 49.8 Å². The second kappa shape index (κ2) is 12.0. The van der Waals surface area contributed by atoms with E-state index in [4.69, 9.17) is 0 Å². The second-order valence-corrected chi connectivity index (χ2v) is 12.4. The normalized spacial score (nSPS) is 21.7. The highest BCUT2D eigenvalue weighted by atomic mass is 79.9. The fourth-order valence-corrected chi connectivity index (χ4v) is 6.47. The van der Waals surface area contributed by atoms with Crippen LogP contribution < -0.4 is 15.4 Å². The number of nitrogens with one attached hydrogen (secondary N) is 3. The molecule has 1 unspecified atom stereocenters. The van der Waals surface area contributed by atoms with Gasteiger partial charge in [-0.3, -0.25) is 14.4 Å². The predicted octanol–water partition coefficient (Wildman–Crippen LogP) is 3.46. The molecular formula is C28H30BrN3O6S. The number of aliphatic carboxylic acids is 1. The Kier molecular flexibility index (Phi) is 8.85. The van der Waals surface area contributed by atoms with Crippen molar-refractivity contribution in [2.45, 2.75) is 49.6 Å². The Morgan fingerprint density at radius 1 is 1.15 bits per heavy atom. The lowest BCUT2D eigenvalue weighted by Gasteiger charge is -2.35. The van der Waals surface area contributed by atoms with Gasteiger partial charge in [-0.2, -0.15) is 4.72 Å². The van der Waals surface area contributed by atoms with Crippen molar-refractivity contribution in [2.24, 2.45) is 5.41 Å². The molecule has 0 bridgehead atoms. The van der Waals surface area contributed by atoms with E-state index in [0.717, 1.165) is 12.0 Å². The maximum absolute atomic E-state index is 13.7. The molecule has 3 atom stereocenters. The van der Waals surface area contributed by atoms with Crippen LogP contribution in [0.1, 0.15) is 41.6 Å². The summed E-state index contributed by atoms with van der Waals surface area (Å²) in [6, 6.07) is 11.0. The van der Waals surface area contributed by atoms with E-state index in [1.807, 2.05) is 6.92 Å². The third-order valence-corrected chi connectivity index (χ3v) is 9.19. The van der Waals surface area contributed by atoms with Crippen LogP contribution in [0.3, 0.4) is 0 Å². The van der Waals surface area contributed by atoms with Crippen LogP contribution in [-0.2, 0) is 19.6 Å². The van der Waals surface area contributed by atoms with Gasteiger partial charge in [0.05, 0.1) is 21.9 Å². The smallest absolute Gasteiger partial charge is 0.321 e. The Morgan fingerprint density at radius 3 is 2.46 bits per heavy atom. The summed E-state index contributed by atoms with van der Waals surface area (Å²) in [6.45, 7) is 2.48. The van der Waals surface area contributed by atoms with Crippen LogP contribution in [0.2, 0.25) is 0 Å². The zero-order chi connectivity index (χ0) is 28.2. The summed E-state index contributed by atoms with van der Waals surface area (Å²) in [7, 11) is -4.16. The molecule has 0 radical (unpaired) electrons. The van der Waals surface area contributed by atoms with E-state index in [2.05, 4.69) is 31.3 Å². The van der Waals surface area contributed by atoms with Crippen molar-refractivity contribution >= 4 is 43.6 Å². The predicted molar refractivity (Wildman–Crippen MR) is 149 cm³/mol. The topological polar surface area (TPSA) is 142 Å². The number of carboxylic acids is 1. The Morgan fingerprint density at radius 2 is 1.87 bits per heavy atom. The molecule has 2 aromatic carbocycles. The number of ketones is 1. The van der Waals surface area contributed by atoms with Crippen LogP contribution in [0.4, 0.5) is 0 Å². The summed E-state index contributed by atoms with van der Waals surface area (Å²) in [5.74, 6) is -1.93. The van der Waals surface area contributed by atoms with E-state index in [-0.39, 0.29) is 29.4 Å². The Balaban J connectivity index is 1.58. The summed E-state index contributed by atoms with van der Waals surface area (Å²) in [5.41, 5.74) is 0.471. The SMILES string of the molecule is Cc1ccc(S(=O)(=O)N[C@@H](CC2(C(=O)[C@@H]3CCCN3)C=CC(NC(=O)c3ccccc3Br)=CC2)C(=O)O)cc1. The minimum atomic E-state index is -4.16. The van der Waals surface area contributed by atoms with Crippen molar-refractivity contribution in [1.82, 2.24) is 15.4 Å². The zero-order valence-electron chi connectivity index (χ0n) is 21.3. The number of amides is 1. The standard InChI is InChI=1S/C28H30BrN3O6S/c1-18-8-10-20(11-9-18)39(37,38)32-24(27(35)36)17-28(25(33)23-7-4-16-30-23)14-12-19(13-15-28)31-26(34)21-5-2-3-6-22(21)29/h2-3,5-6,8-14,23-24,30,32H,4,7,15-17H2,1H3,(H,31,34)(H,35,36)/t23-,24-,28?/m0/s1. The molecule has 4 rings (SSSR count). The van der Waals surface area contributed by atoms with E-state index < -0.39 is 33.5 Å². The Hall–Kier alpha value is -3.12. The number of carboxylic acid groups (broad SMARTS) is 1. The first-order chi connectivity index (χ1) is 18.5. The molecule has 2 aromatic rings. The van der Waals surface area contributed by atoms with Gasteiger partial charge in [0.2, 0.25) is 10.0 Å². The number of sulfonamides is 1. The summed E-state index contributed by atoms with van der Waals surface area (Å²) in [6.07, 6.45) is 6.08. The molecule has 39 heavy (non-hydrogen) atoms. The molecule has 4 N–H and O–H groups in total. The van der Waals surface area contributed by atoms with Crippen molar-refractivity contribution in [3.8, 4) is 0 Å². The molecule has 1 aliphatic carbocycles. The number of hydrogen-bond donors (Lipinski definition) is 4. The van der Waals surface area contributed by atoms with Gasteiger partial charge in [0.15, 0.2) is 5.78 Å². The summed E-state index contributed by atoms with van der Waals surface area (Å²) < 4.78 is 28.9. The number of aryl methyl sites for hydroxylation is 1. The van der Waals surface area contributed by atoms with Gasteiger partial charge < -0.3 is 15.7 Å². The van der Waals surface area contributed by atoms with Gasteiger partial charge in [-0.25, -0.2) is 8.42 Å². The third kappa shape index (κ3) is 6.73. The average Bonchev–Trinajstić information content (AvgIpc) is 3.44. The molecule has 0 saturated carbocycles. The highest BCUT2D eigenvalue weighted by Gasteiger charge is 2.45. The molecular weight excluding hydrogens is 586 g/mol. The van der Waals surface area contributed by atoms with Crippen molar-refractivity contribution < 1.29 is 27.9 Å². The van der Waals surface area contributed by atoms with Crippen LogP contribution in [0.25, 0.3) is 0 Å². The monoisotopic (exact) mass is 615 g/mol. The maximum Gasteiger partial charge on any atom is 0.321 e. The highest BCUT2D eigenvalue weighted by molar-refractivity contribution is 9.10. The molecule has 206 valence electrons. The van der Waals surface area contributed by atoms with Gasteiger partial charge >= 0.3 is 5.97 Å². The molecule has 2 aliphatic rings. The summed E-state index contributed by atoms with van der Waals surface area (Å²) in [5, 5.41) is 16.0. The van der Waals surface area contributed by atoms with Crippen LogP contribution in [0.15, 0.2) is 81.8 Å². The van der Waals surface area contributed by atoms with Crippen LogP contribution in [0, 0.1) is 12.3 Å². The quantitative estimate of drug-likeness (QED) is 0.321. The number of halogens is 1. The van der Waals surface area contributed by atoms with Crippen LogP contribution in [0.5, 0.6) is 0 Å². The van der Waals surface area contributed by atoms with Crippen molar-refractivity contribution in [3.63, 3.8) is 0 Å². The number of rotatable bonds is 10. The van der Waals surface area contributed by atoms with Gasteiger partial charge in [-0.15, -0.1) is 0 Å². The molecule has 0 spiro atoms. The molecule has 11 heteroatoms. The summed E-state index contributed by atoms with van der Waals surface area (Å²) >= 11 is 3.36. The maximum atomic E-state index is 13.7. The molecule has 1 heterocycles. The molecule has 1 amide bonds. The van der Waals surface area contributed by atoms with Crippen molar-refractivity contribution in [1.29, 1.82) is 0 Å². The van der Waals surface area contributed by atoms with E-state index in [9.17, 15) is 27.9 Å². The minimum Gasteiger partial charge on any atom is -0.480 e. The third-order valence-electron chi connectivity index (χ3n) is 7.01. The van der Waals surface area contributed by atoms with Gasteiger partial charge in [0, 0.05) is 10.2 Å². The summed E-state index contributed by atoms with van der Waals surface area (Å²) in [4.78, 5) is 38.7. The number of carbonyl (C=O) groups is 3. The van der Waals surface area contributed by atoms with Crippen LogP contribution >= 0.6 is 15.9 Å². The molecule has 0 aromatic heterocycles. The number of benzene rings is 2. The van der Waals surface area contributed by atoms with Gasteiger partial charge in [0.25, 0.3) is 5.91 Å². The van der Waals surface area contributed by atoms with E-state index in [1.165, 1.54) is 12.1 Å². The van der Waals surface area contributed by atoms with Crippen molar-refractivity contribution in [3.05, 3.63) is 88.1 Å². The van der Waals surface area contributed by atoms with Gasteiger partial charge in [-0.05, 0) is 85.4 Å². The first-order valence-electron chi connectivity index (χ1n) is 12.6. The number of allylic oxidation sites excluding steroid dienone is 3. The largest absolute Gasteiger partial charge is 0.480 e. The van der Waals surface area contributed by atoms with E-state index in [1.54, 1.807) is 54.6 Å². The fraction of sp³-hybridized carbons (Fsp3) is 0.321. The lowest BCUT2D eigenvalue weighted by atomic mass is 9.70. The molecule has 1 aliphatic heterocycles. The first kappa shape index (κ1) is 28.9. The van der Waals surface area contributed by atoms with Gasteiger partial charge in [0.1, 0.15) is 6.04 Å². The number of Topliss-reactive ketones (excluding diaryl/α,β-unsaturated/α-hetero) is 1. The van der Waals surface area contributed by atoms with Gasteiger partial charge in [-0.1, -0.05) is 42.0 Å². The Bertz CT molecular complexity index is 1430. The fourth-order valence-electron chi connectivity index (χ4n) is 4.82. The highest BCUT2D eigenvalue weighted by Crippen LogP contribution is 2.38. The minimum absolute atomic E-state index is 0.0617. The average molecular weight is 617 g/mol. The molecule has 1 fully saturated rings. The zero-order valence-corrected chi connectivity index (χ0v) is 23.7. The lowest BCUT2D eigenvalue weighted by molar-refractivity contribution is -0.140. The Labute approximate surface area is 235 Å². The van der Waals surface area contributed by atoms with Crippen molar-refractivity contribution in [2.75, 3.05) is 6.54 Å². The lowest BCUT2D eigenvalue weighted by Crippen LogP contribution is -2.50. The first-order valence-corrected chi connectivity index (χ1v) is 14.8. The van der Waals surface area contributed by atoms with E-state index >= 15 is 0 Å². The van der Waals surface area contributed by atoms with E-state index in [0.29, 0.717) is 28.7 Å².